The van der Waals surface area contributed by atoms with Gasteiger partial charge in [-0.15, -0.1) is 0 Å². The Hall–Kier alpha value is -1.02. The van der Waals surface area contributed by atoms with Gasteiger partial charge in [-0.3, -0.25) is 0 Å². The van der Waals surface area contributed by atoms with Gasteiger partial charge in [0.1, 0.15) is 0 Å². The molecule has 1 aromatic carbocycles. The molecule has 0 saturated heterocycles. The third-order valence-corrected chi connectivity index (χ3v) is 4.04. The highest BCUT2D eigenvalue weighted by Crippen LogP contribution is 2.36. The Morgan fingerprint density at radius 3 is 3.00 bits per heavy atom. The summed E-state index contributed by atoms with van der Waals surface area (Å²) in [7, 11) is 2.03. The predicted molar refractivity (Wildman–Crippen MR) is 72.7 cm³/mol. The molecule has 1 heterocycles. The number of anilines is 1. The molecule has 3 rings (SSSR count). The molecule has 0 unspecified atom stereocenters. The molecule has 17 heavy (non-hydrogen) atoms. The van der Waals surface area contributed by atoms with Crippen molar-refractivity contribution in [2.24, 2.45) is 5.92 Å². The van der Waals surface area contributed by atoms with Crippen molar-refractivity contribution in [1.82, 2.24) is 5.32 Å². The quantitative estimate of drug-likeness (QED) is 0.834. The molecule has 1 aliphatic carbocycles. The van der Waals surface area contributed by atoms with Crippen molar-refractivity contribution in [2.75, 3.05) is 31.6 Å². The summed E-state index contributed by atoms with van der Waals surface area (Å²) in [5.74, 6) is 0.988. The van der Waals surface area contributed by atoms with E-state index in [0.29, 0.717) is 0 Å². The normalized spacial score (nSPS) is 18.5. The fourth-order valence-electron chi connectivity index (χ4n) is 2.87. The van der Waals surface area contributed by atoms with Crippen LogP contribution in [0.3, 0.4) is 0 Å². The molecule has 0 spiro atoms. The highest BCUT2D eigenvalue weighted by molar-refractivity contribution is 5.61. The lowest BCUT2D eigenvalue weighted by Gasteiger charge is -2.19. The summed E-state index contributed by atoms with van der Waals surface area (Å²) in [5, 5.41) is 3.25. The molecule has 1 aromatic rings. The molecule has 1 N–H and O–H groups in total. The fourth-order valence-corrected chi connectivity index (χ4v) is 2.87. The minimum Gasteiger partial charge on any atom is -0.371 e. The summed E-state index contributed by atoms with van der Waals surface area (Å²) in [5.41, 5.74) is 4.68. The topological polar surface area (TPSA) is 15.3 Å². The molecule has 0 bridgehead atoms. The maximum absolute atomic E-state index is 3.25. The lowest BCUT2D eigenvalue weighted by atomic mass is 10.0. The van der Waals surface area contributed by atoms with Gasteiger partial charge in [0.25, 0.3) is 0 Å². The van der Waals surface area contributed by atoms with Crippen LogP contribution in [0, 0.1) is 5.92 Å². The largest absolute Gasteiger partial charge is 0.371 e. The van der Waals surface area contributed by atoms with E-state index < -0.39 is 0 Å². The van der Waals surface area contributed by atoms with Crippen LogP contribution in [-0.2, 0) is 12.8 Å². The van der Waals surface area contributed by atoms with E-state index in [2.05, 4.69) is 28.4 Å². The SMILES string of the molecule is CNCCc1cccc2c1CCN2CC1CC1. The zero-order valence-corrected chi connectivity index (χ0v) is 10.7. The highest BCUT2D eigenvalue weighted by atomic mass is 15.2. The Morgan fingerprint density at radius 1 is 1.35 bits per heavy atom. The van der Waals surface area contributed by atoms with Crippen molar-refractivity contribution >= 4 is 5.69 Å². The zero-order valence-electron chi connectivity index (χ0n) is 10.7. The van der Waals surface area contributed by atoms with E-state index in [1.54, 1.807) is 11.1 Å². The highest BCUT2D eigenvalue weighted by Gasteiger charge is 2.28. The van der Waals surface area contributed by atoms with Gasteiger partial charge in [-0.1, -0.05) is 12.1 Å². The Balaban J connectivity index is 1.78. The maximum Gasteiger partial charge on any atom is 0.0402 e. The molecule has 1 aliphatic heterocycles. The van der Waals surface area contributed by atoms with Gasteiger partial charge in [0, 0.05) is 18.8 Å². The van der Waals surface area contributed by atoms with Crippen molar-refractivity contribution in [3.63, 3.8) is 0 Å². The van der Waals surface area contributed by atoms with Gasteiger partial charge in [-0.05, 0) is 62.4 Å². The van der Waals surface area contributed by atoms with Gasteiger partial charge in [0.15, 0.2) is 0 Å². The summed E-state index contributed by atoms with van der Waals surface area (Å²) in [6.07, 6.45) is 5.31. The van der Waals surface area contributed by atoms with Crippen LogP contribution in [0.4, 0.5) is 5.69 Å². The molecule has 0 aromatic heterocycles. The Kier molecular flexibility index (Phi) is 3.06. The van der Waals surface area contributed by atoms with Crippen LogP contribution in [0.25, 0.3) is 0 Å². The molecule has 1 fully saturated rings. The molecule has 92 valence electrons. The van der Waals surface area contributed by atoms with Gasteiger partial charge >= 0.3 is 0 Å². The summed E-state index contributed by atoms with van der Waals surface area (Å²) >= 11 is 0. The van der Waals surface area contributed by atoms with Gasteiger partial charge in [0.05, 0.1) is 0 Å². The number of fused-ring (bicyclic) bond motifs is 1. The molecule has 2 nitrogen and oxygen atoms in total. The third kappa shape index (κ3) is 2.32. The lowest BCUT2D eigenvalue weighted by molar-refractivity contribution is 0.746. The smallest absolute Gasteiger partial charge is 0.0402 e. The summed E-state index contributed by atoms with van der Waals surface area (Å²) in [6.45, 7) is 3.62. The summed E-state index contributed by atoms with van der Waals surface area (Å²) in [6, 6.07) is 6.85. The maximum atomic E-state index is 3.25. The van der Waals surface area contributed by atoms with Gasteiger partial charge in [0.2, 0.25) is 0 Å². The minimum atomic E-state index is 0.988. The van der Waals surface area contributed by atoms with E-state index >= 15 is 0 Å². The van der Waals surface area contributed by atoms with Crippen LogP contribution in [0.15, 0.2) is 18.2 Å². The standard InChI is InChI=1S/C15H22N2/c1-16-9-7-13-3-2-4-15-14(13)8-10-17(15)11-12-5-6-12/h2-4,12,16H,5-11H2,1H3. The Bertz CT molecular complexity index is 396. The van der Waals surface area contributed by atoms with Crippen LogP contribution in [0.2, 0.25) is 0 Å². The van der Waals surface area contributed by atoms with Crippen LogP contribution < -0.4 is 10.2 Å². The third-order valence-electron chi connectivity index (χ3n) is 4.04. The molecule has 2 aliphatic rings. The number of nitrogens with zero attached hydrogens (tertiary/aromatic N) is 1. The first kappa shape index (κ1) is 11.1. The first-order valence-corrected chi connectivity index (χ1v) is 6.89. The number of hydrogen-bond donors (Lipinski definition) is 1. The van der Waals surface area contributed by atoms with Crippen molar-refractivity contribution < 1.29 is 0 Å². The zero-order chi connectivity index (χ0) is 11.7. The number of benzene rings is 1. The lowest BCUT2D eigenvalue weighted by Crippen LogP contribution is -2.22. The fraction of sp³-hybridized carbons (Fsp3) is 0.600. The molecule has 0 amide bonds. The first-order valence-electron chi connectivity index (χ1n) is 6.89. The van der Waals surface area contributed by atoms with Crippen molar-refractivity contribution in [2.45, 2.75) is 25.7 Å². The van der Waals surface area contributed by atoms with E-state index in [-0.39, 0.29) is 0 Å². The molecule has 0 radical (unpaired) electrons. The van der Waals surface area contributed by atoms with E-state index in [4.69, 9.17) is 0 Å². The van der Waals surface area contributed by atoms with E-state index in [0.717, 1.165) is 18.9 Å². The van der Waals surface area contributed by atoms with E-state index in [1.165, 1.54) is 38.0 Å². The second-order valence-electron chi connectivity index (χ2n) is 5.41. The van der Waals surface area contributed by atoms with Crippen LogP contribution in [0.1, 0.15) is 24.0 Å². The molecule has 0 atom stereocenters. The Labute approximate surface area is 104 Å². The Morgan fingerprint density at radius 2 is 2.24 bits per heavy atom. The van der Waals surface area contributed by atoms with Crippen LogP contribution in [0.5, 0.6) is 0 Å². The van der Waals surface area contributed by atoms with Crippen LogP contribution >= 0.6 is 0 Å². The molecule has 1 saturated carbocycles. The number of rotatable bonds is 5. The van der Waals surface area contributed by atoms with Crippen molar-refractivity contribution in [3.05, 3.63) is 29.3 Å². The first-order chi connectivity index (χ1) is 8.38. The second-order valence-corrected chi connectivity index (χ2v) is 5.41. The summed E-state index contributed by atoms with van der Waals surface area (Å²) < 4.78 is 0. The van der Waals surface area contributed by atoms with Crippen molar-refractivity contribution in [1.29, 1.82) is 0 Å². The number of likely N-dealkylation sites (N-methyl/N-ethyl adjacent to an activating group) is 1. The van der Waals surface area contributed by atoms with Gasteiger partial charge in [-0.25, -0.2) is 0 Å². The molecular weight excluding hydrogens is 208 g/mol. The predicted octanol–water partition coefficient (Wildman–Crippen LogP) is 2.22. The molecular formula is C15H22N2. The monoisotopic (exact) mass is 230 g/mol. The van der Waals surface area contributed by atoms with Gasteiger partial charge in [-0.2, -0.15) is 0 Å². The van der Waals surface area contributed by atoms with Crippen molar-refractivity contribution in [3.8, 4) is 0 Å². The minimum absolute atomic E-state index is 0.988. The average molecular weight is 230 g/mol. The van der Waals surface area contributed by atoms with E-state index in [1.807, 2.05) is 7.05 Å². The second kappa shape index (κ2) is 4.69. The summed E-state index contributed by atoms with van der Waals surface area (Å²) in [4.78, 5) is 2.61. The van der Waals surface area contributed by atoms with E-state index in [9.17, 15) is 0 Å². The van der Waals surface area contributed by atoms with Gasteiger partial charge < -0.3 is 10.2 Å². The number of hydrogen-bond acceptors (Lipinski definition) is 2. The number of nitrogens with one attached hydrogen (secondary N) is 1. The average Bonchev–Trinajstić information content (AvgIpc) is 3.07. The van der Waals surface area contributed by atoms with Crippen LogP contribution in [-0.4, -0.2) is 26.7 Å². The molecule has 2 heteroatoms.